The van der Waals surface area contributed by atoms with Crippen molar-refractivity contribution < 1.29 is 9.53 Å². The molecule has 102 valence electrons. The molecule has 4 nitrogen and oxygen atoms in total. The third kappa shape index (κ3) is 3.50. The Morgan fingerprint density at radius 1 is 1.32 bits per heavy atom. The second kappa shape index (κ2) is 6.61. The van der Waals surface area contributed by atoms with E-state index in [0.29, 0.717) is 12.4 Å². The number of ether oxygens (including phenoxy) is 1. The average molecular weight is 278 g/mol. The minimum atomic E-state index is 0.150. The number of nitrogens with zero attached hydrogens (tertiary/aromatic N) is 2. The minimum Gasteiger partial charge on any atom is -0.494 e. The number of amidine groups is 1. The predicted molar refractivity (Wildman–Crippen MR) is 79.2 cm³/mol. The Hall–Kier alpha value is -1.49. The number of carbonyl (C=O) groups is 1. The van der Waals surface area contributed by atoms with E-state index >= 15 is 0 Å². The van der Waals surface area contributed by atoms with Gasteiger partial charge in [0.1, 0.15) is 5.75 Å². The molecule has 1 aromatic rings. The van der Waals surface area contributed by atoms with E-state index in [1.165, 1.54) is 11.8 Å². The van der Waals surface area contributed by atoms with Gasteiger partial charge in [0.25, 0.3) is 0 Å². The van der Waals surface area contributed by atoms with E-state index in [0.717, 1.165) is 29.6 Å². The first-order valence-electron chi connectivity index (χ1n) is 6.49. The van der Waals surface area contributed by atoms with Crippen LogP contribution in [0.2, 0.25) is 0 Å². The van der Waals surface area contributed by atoms with Gasteiger partial charge in [0.05, 0.1) is 18.0 Å². The Kier molecular flexibility index (Phi) is 4.85. The fourth-order valence-corrected chi connectivity index (χ4v) is 2.75. The molecule has 1 saturated heterocycles. The van der Waals surface area contributed by atoms with Crippen LogP contribution in [0.3, 0.4) is 0 Å². The van der Waals surface area contributed by atoms with Crippen LogP contribution in [0.1, 0.15) is 20.3 Å². The summed E-state index contributed by atoms with van der Waals surface area (Å²) in [5.74, 6) is 1.49. The first-order chi connectivity index (χ1) is 9.24. The maximum absolute atomic E-state index is 11.7. The molecule has 0 atom stereocenters. The van der Waals surface area contributed by atoms with Crippen LogP contribution in [-0.2, 0) is 4.79 Å². The molecular weight excluding hydrogens is 260 g/mol. The van der Waals surface area contributed by atoms with Gasteiger partial charge in [0.2, 0.25) is 5.91 Å². The maximum atomic E-state index is 11.7. The van der Waals surface area contributed by atoms with Crippen molar-refractivity contribution in [2.24, 2.45) is 4.99 Å². The van der Waals surface area contributed by atoms with Crippen LogP contribution in [-0.4, -0.2) is 34.9 Å². The Bertz CT molecular complexity index is 471. The molecule has 1 amide bonds. The van der Waals surface area contributed by atoms with Gasteiger partial charge in [-0.15, -0.1) is 0 Å². The van der Waals surface area contributed by atoms with Crippen molar-refractivity contribution in [1.82, 2.24) is 4.90 Å². The summed E-state index contributed by atoms with van der Waals surface area (Å²) >= 11 is 1.50. The number of thioether (sulfide) groups is 1. The van der Waals surface area contributed by atoms with E-state index < -0.39 is 0 Å². The molecule has 19 heavy (non-hydrogen) atoms. The molecule has 1 fully saturated rings. The van der Waals surface area contributed by atoms with Gasteiger partial charge in [-0.1, -0.05) is 18.7 Å². The van der Waals surface area contributed by atoms with Gasteiger partial charge in [-0.25, -0.2) is 4.99 Å². The molecular formula is C14H18N2O2S. The van der Waals surface area contributed by atoms with Crippen molar-refractivity contribution in [3.05, 3.63) is 24.3 Å². The summed E-state index contributed by atoms with van der Waals surface area (Å²) in [7, 11) is 0. The van der Waals surface area contributed by atoms with Gasteiger partial charge in [0.15, 0.2) is 5.17 Å². The monoisotopic (exact) mass is 278 g/mol. The SMILES string of the molecule is CCCN1C(=O)CSC1=Nc1ccc(OCC)cc1. The van der Waals surface area contributed by atoms with Gasteiger partial charge in [-0.3, -0.25) is 9.69 Å². The lowest BCUT2D eigenvalue weighted by Gasteiger charge is -2.14. The van der Waals surface area contributed by atoms with Gasteiger partial charge in [-0.2, -0.15) is 0 Å². The Morgan fingerprint density at radius 3 is 2.68 bits per heavy atom. The lowest BCUT2D eigenvalue weighted by atomic mass is 10.3. The lowest BCUT2D eigenvalue weighted by molar-refractivity contribution is -0.124. The zero-order valence-corrected chi connectivity index (χ0v) is 12.1. The molecule has 1 aliphatic rings. The molecule has 0 spiro atoms. The Labute approximate surface area is 117 Å². The topological polar surface area (TPSA) is 41.9 Å². The van der Waals surface area contributed by atoms with Crippen molar-refractivity contribution >= 4 is 28.5 Å². The number of amides is 1. The van der Waals surface area contributed by atoms with Crippen molar-refractivity contribution in [1.29, 1.82) is 0 Å². The number of rotatable bonds is 5. The van der Waals surface area contributed by atoms with E-state index in [1.54, 1.807) is 4.90 Å². The summed E-state index contributed by atoms with van der Waals surface area (Å²) in [5.41, 5.74) is 0.849. The highest BCUT2D eigenvalue weighted by atomic mass is 32.2. The second-order valence-corrected chi connectivity index (χ2v) is 5.10. The third-order valence-corrected chi connectivity index (χ3v) is 3.64. The third-order valence-electron chi connectivity index (χ3n) is 2.68. The lowest BCUT2D eigenvalue weighted by Crippen LogP contribution is -2.30. The largest absolute Gasteiger partial charge is 0.494 e. The fraction of sp³-hybridized carbons (Fsp3) is 0.429. The van der Waals surface area contributed by atoms with Crippen LogP contribution in [0, 0.1) is 0 Å². The molecule has 0 unspecified atom stereocenters. The standard InChI is InChI=1S/C14H18N2O2S/c1-3-9-16-13(17)10-19-14(16)15-11-5-7-12(8-6-11)18-4-2/h5-8H,3-4,9-10H2,1-2H3. The highest BCUT2D eigenvalue weighted by molar-refractivity contribution is 8.15. The van der Waals surface area contributed by atoms with Crippen LogP contribution < -0.4 is 4.74 Å². The molecule has 0 aliphatic carbocycles. The van der Waals surface area contributed by atoms with E-state index in [1.807, 2.05) is 31.2 Å². The van der Waals surface area contributed by atoms with E-state index in [4.69, 9.17) is 4.74 Å². The summed E-state index contributed by atoms with van der Waals surface area (Å²) < 4.78 is 5.39. The number of benzene rings is 1. The zero-order valence-electron chi connectivity index (χ0n) is 11.3. The number of aliphatic imine (C=N–C) groups is 1. The highest BCUT2D eigenvalue weighted by Crippen LogP contribution is 2.25. The summed E-state index contributed by atoms with van der Waals surface area (Å²) in [5, 5.41) is 0.802. The Morgan fingerprint density at radius 2 is 2.05 bits per heavy atom. The van der Waals surface area contributed by atoms with Gasteiger partial charge in [0, 0.05) is 6.54 Å². The Balaban J connectivity index is 2.13. The molecule has 0 aromatic heterocycles. The van der Waals surface area contributed by atoms with E-state index in [9.17, 15) is 4.79 Å². The average Bonchev–Trinajstić information content (AvgIpc) is 2.75. The highest BCUT2D eigenvalue weighted by Gasteiger charge is 2.27. The van der Waals surface area contributed by atoms with Crippen molar-refractivity contribution in [2.45, 2.75) is 20.3 Å². The molecule has 0 saturated carbocycles. The van der Waals surface area contributed by atoms with Crippen molar-refractivity contribution in [3.8, 4) is 5.75 Å². The molecule has 1 heterocycles. The van der Waals surface area contributed by atoms with E-state index in [-0.39, 0.29) is 5.91 Å². The van der Waals surface area contributed by atoms with Crippen LogP contribution in [0.5, 0.6) is 5.75 Å². The number of hydrogen-bond donors (Lipinski definition) is 0. The molecule has 1 aliphatic heterocycles. The first kappa shape index (κ1) is 13.9. The van der Waals surface area contributed by atoms with Crippen LogP contribution >= 0.6 is 11.8 Å². The second-order valence-electron chi connectivity index (χ2n) is 4.16. The summed E-state index contributed by atoms with van der Waals surface area (Å²) in [4.78, 5) is 18.0. The zero-order chi connectivity index (χ0) is 13.7. The summed E-state index contributed by atoms with van der Waals surface area (Å²) in [6.07, 6.45) is 0.939. The van der Waals surface area contributed by atoms with Crippen LogP contribution in [0.15, 0.2) is 29.3 Å². The summed E-state index contributed by atoms with van der Waals surface area (Å²) in [6.45, 7) is 5.41. The first-order valence-corrected chi connectivity index (χ1v) is 7.48. The molecule has 0 bridgehead atoms. The molecule has 1 aromatic carbocycles. The molecule has 2 rings (SSSR count). The molecule has 0 radical (unpaired) electrons. The van der Waals surface area contributed by atoms with E-state index in [2.05, 4.69) is 11.9 Å². The van der Waals surface area contributed by atoms with Gasteiger partial charge in [-0.05, 0) is 37.6 Å². The van der Waals surface area contributed by atoms with Gasteiger partial charge < -0.3 is 4.74 Å². The van der Waals surface area contributed by atoms with Crippen molar-refractivity contribution in [3.63, 3.8) is 0 Å². The van der Waals surface area contributed by atoms with Crippen LogP contribution in [0.4, 0.5) is 5.69 Å². The molecule has 0 N–H and O–H groups in total. The van der Waals surface area contributed by atoms with Crippen LogP contribution in [0.25, 0.3) is 0 Å². The van der Waals surface area contributed by atoms with Crippen molar-refractivity contribution in [2.75, 3.05) is 18.9 Å². The predicted octanol–water partition coefficient (Wildman–Crippen LogP) is 3.06. The number of hydrogen-bond acceptors (Lipinski definition) is 4. The molecule has 5 heteroatoms. The minimum absolute atomic E-state index is 0.150. The normalized spacial score (nSPS) is 17.3. The quantitative estimate of drug-likeness (QED) is 0.831. The fourth-order valence-electron chi connectivity index (χ4n) is 1.82. The smallest absolute Gasteiger partial charge is 0.239 e. The summed E-state index contributed by atoms with van der Waals surface area (Å²) in [6, 6.07) is 7.61. The number of carbonyl (C=O) groups excluding carboxylic acids is 1. The maximum Gasteiger partial charge on any atom is 0.239 e. The van der Waals surface area contributed by atoms with Gasteiger partial charge >= 0.3 is 0 Å².